The molecule has 1 aromatic carbocycles. The van der Waals surface area contributed by atoms with Crippen molar-refractivity contribution in [3.63, 3.8) is 0 Å². The fourth-order valence-electron chi connectivity index (χ4n) is 1.43. The molecule has 0 saturated carbocycles. The van der Waals surface area contributed by atoms with Crippen LogP contribution in [-0.2, 0) is 10.1 Å². The minimum Gasteiger partial charge on any atom is -0.477 e. The molecule has 0 spiro atoms. The molecule has 0 atom stereocenters. The summed E-state index contributed by atoms with van der Waals surface area (Å²) in [6, 6.07) is 9.75. The van der Waals surface area contributed by atoms with Crippen LogP contribution in [0.5, 0.6) is 5.88 Å². The largest absolute Gasteiger partial charge is 0.477 e. The molecule has 7 heteroatoms. The van der Waals surface area contributed by atoms with Gasteiger partial charge in [0, 0.05) is 5.39 Å². The zero-order valence-electron chi connectivity index (χ0n) is 11.4. The summed E-state index contributed by atoms with van der Waals surface area (Å²) in [4.78, 5) is 4.15. The van der Waals surface area contributed by atoms with Crippen molar-refractivity contribution in [1.29, 1.82) is 0 Å². The van der Waals surface area contributed by atoms with Crippen molar-refractivity contribution in [3.8, 4) is 5.88 Å². The number of nitrogen functional groups attached to an aromatic ring is 1. The summed E-state index contributed by atoms with van der Waals surface area (Å²) in [5.41, 5.74) is 5.66. The average Bonchev–Trinajstić information content (AvgIpc) is 2.39. The Kier molecular flexibility index (Phi) is 5.72. The van der Waals surface area contributed by atoms with Gasteiger partial charge < -0.3 is 10.5 Å². The second-order valence-electron chi connectivity index (χ2n) is 3.88. The number of rotatable bonds is 3. The highest BCUT2D eigenvalue weighted by molar-refractivity contribution is 7.85. The molecule has 110 valence electrons. The van der Waals surface area contributed by atoms with E-state index in [-0.39, 0.29) is 5.75 Å². The lowest BCUT2D eigenvalue weighted by molar-refractivity contribution is 0.332. The maximum Gasteiger partial charge on any atom is 0.264 e. The second kappa shape index (κ2) is 7.06. The lowest BCUT2D eigenvalue weighted by Gasteiger charge is -2.06. The second-order valence-corrected chi connectivity index (χ2v) is 5.62. The Balaban J connectivity index is 0.000000286. The van der Waals surface area contributed by atoms with Crippen molar-refractivity contribution in [2.24, 2.45) is 0 Å². The Morgan fingerprint density at radius 2 is 1.90 bits per heavy atom. The molecule has 0 amide bonds. The average molecular weight is 298 g/mol. The van der Waals surface area contributed by atoms with E-state index in [0.717, 1.165) is 10.8 Å². The normalized spacial score (nSPS) is 10.8. The Labute approximate surface area is 118 Å². The molecule has 0 aliphatic rings. The van der Waals surface area contributed by atoms with E-state index >= 15 is 0 Å². The molecule has 6 nitrogen and oxygen atoms in total. The van der Waals surface area contributed by atoms with E-state index in [4.69, 9.17) is 15.0 Å². The van der Waals surface area contributed by atoms with Crippen LogP contribution in [0.1, 0.15) is 13.8 Å². The first-order valence-corrected chi connectivity index (χ1v) is 7.71. The molecular weight excluding hydrogens is 280 g/mol. The first kappa shape index (κ1) is 16.2. The molecule has 0 radical (unpaired) electrons. The molecule has 0 fully saturated rings. The highest BCUT2D eigenvalue weighted by Crippen LogP contribution is 2.24. The van der Waals surface area contributed by atoms with E-state index in [2.05, 4.69) is 4.98 Å². The Morgan fingerprint density at radius 3 is 2.45 bits per heavy atom. The van der Waals surface area contributed by atoms with Crippen LogP contribution in [0.3, 0.4) is 0 Å². The first-order valence-electron chi connectivity index (χ1n) is 6.10. The van der Waals surface area contributed by atoms with Crippen LogP contribution in [0.15, 0.2) is 30.3 Å². The van der Waals surface area contributed by atoms with E-state index in [1.54, 1.807) is 0 Å². The van der Waals surface area contributed by atoms with Crippen LogP contribution >= 0.6 is 0 Å². The molecule has 2 rings (SSSR count). The highest BCUT2D eigenvalue weighted by Gasteiger charge is 2.03. The molecule has 0 aliphatic heterocycles. The molecule has 0 bridgehead atoms. The number of pyridine rings is 1. The van der Waals surface area contributed by atoms with Gasteiger partial charge in [-0.05, 0) is 31.4 Å². The molecular formula is C13H18N2O4S. The Morgan fingerprint density at radius 1 is 1.30 bits per heavy atom. The highest BCUT2D eigenvalue weighted by atomic mass is 32.2. The van der Waals surface area contributed by atoms with Gasteiger partial charge in [0.25, 0.3) is 10.1 Å². The quantitative estimate of drug-likeness (QED) is 0.841. The number of nitrogens with two attached hydrogens (primary N) is 1. The summed E-state index contributed by atoms with van der Waals surface area (Å²) in [6.07, 6.45) is 0. The lowest BCUT2D eigenvalue weighted by atomic mass is 10.2. The summed E-state index contributed by atoms with van der Waals surface area (Å²) in [7, 11) is -3.66. The molecule has 1 heterocycles. The summed E-state index contributed by atoms with van der Waals surface area (Å²) < 4.78 is 32.3. The van der Waals surface area contributed by atoms with Gasteiger partial charge in [0.2, 0.25) is 5.88 Å². The van der Waals surface area contributed by atoms with Gasteiger partial charge in [-0.15, -0.1) is 0 Å². The van der Waals surface area contributed by atoms with Crippen LogP contribution in [0.25, 0.3) is 10.8 Å². The number of ether oxygens (including phenoxy) is 1. The summed E-state index contributed by atoms with van der Waals surface area (Å²) in [5, 5.41) is 2.06. The first-order chi connectivity index (χ1) is 9.37. The van der Waals surface area contributed by atoms with E-state index < -0.39 is 10.1 Å². The Bertz CT molecular complexity index is 671. The number of anilines is 1. The smallest absolute Gasteiger partial charge is 0.264 e. The van der Waals surface area contributed by atoms with Gasteiger partial charge in [-0.25, -0.2) is 0 Å². The fraction of sp³-hybridized carbons (Fsp3) is 0.308. The molecule has 0 saturated heterocycles. The summed E-state index contributed by atoms with van der Waals surface area (Å²) in [6.45, 7) is 3.90. The van der Waals surface area contributed by atoms with Gasteiger partial charge in [0.1, 0.15) is 5.82 Å². The molecule has 0 aliphatic carbocycles. The van der Waals surface area contributed by atoms with Gasteiger partial charge >= 0.3 is 0 Å². The third-order valence-corrected chi connectivity index (χ3v) is 3.10. The predicted molar refractivity (Wildman–Crippen MR) is 79.4 cm³/mol. The third kappa shape index (κ3) is 5.02. The van der Waals surface area contributed by atoms with Crippen molar-refractivity contribution < 1.29 is 17.7 Å². The summed E-state index contributed by atoms with van der Waals surface area (Å²) in [5.74, 6) is 0.905. The van der Waals surface area contributed by atoms with E-state index in [1.807, 2.05) is 37.3 Å². The van der Waals surface area contributed by atoms with E-state index in [9.17, 15) is 8.42 Å². The van der Waals surface area contributed by atoms with Crippen LogP contribution in [0, 0.1) is 0 Å². The van der Waals surface area contributed by atoms with E-state index in [0.29, 0.717) is 18.3 Å². The van der Waals surface area contributed by atoms with Crippen molar-refractivity contribution >= 4 is 26.7 Å². The van der Waals surface area contributed by atoms with Gasteiger partial charge in [-0.2, -0.15) is 13.4 Å². The van der Waals surface area contributed by atoms with Gasteiger partial charge in [-0.3, -0.25) is 4.55 Å². The summed E-state index contributed by atoms with van der Waals surface area (Å²) >= 11 is 0. The minimum absolute atomic E-state index is 0.201. The van der Waals surface area contributed by atoms with Gasteiger partial charge in [0.15, 0.2) is 0 Å². The molecule has 2 aromatic rings. The monoisotopic (exact) mass is 298 g/mol. The van der Waals surface area contributed by atoms with E-state index in [1.165, 1.54) is 6.92 Å². The maximum absolute atomic E-state index is 9.56. The molecule has 0 unspecified atom stereocenters. The minimum atomic E-state index is -3.66. The number of benzene rings is 1. The zero-order valence-corrected chi connectivity index (χ0v) is 12.2. The van der Waals surface area contributed by atoms with Crippen molar-refractivity contribution in [2.75, 3.05) is 18.1 Å². The number of nitrogens with zero attached hydrogens (tertiary/aromatic N) is 1. The van der Waals surface area contributed by atoms with Crippen LogP contribution in [0.2, 0.25) is 0 Å². The molecule has 3 N–H and O–H groups in total. The molecule has 20 heavy (non-hydrogen) atoms. The van der Waals surface area contributed by atoms with Crippen molar-refractivity contribution in [1.82, 2.24) is 4.98 Å². The van der Waals surface area contributed by atoms with Crippen LogP contribution in [-0.4, -0.2) is 30.3 Å². The number of aromatic nitrogens is 1. The Hall–Kier alpha value is -1.86. The van der Waals surface area contributed by atoms with Crippen LogP contribution in [0.4, 0.5) is 5.82 Å². The number of fused-ring (bicyclic) bond motifs is 1. The SMILES string of the molecule is CCOc1nc(N)cc2ccccc12.CCS(=O)(=O)O. The van der Waals surface area contributed by atoms with Gasteiger partial charge in [-0.1, -0.05) is 18.2 Å². The number of hydrogen-bond donors (Lipinski definition) is 2. The zero-order chi connectivity index (χ0) is 15.2. The molecule has 1 aromatic heterocycles. The lowest BCUT2D eigenvalue weighted by Crippen LogP contribution is -1.98. The fourth-order valence-corrected chi connectivity index (χ4v) is 1.43. The van der Waals surface area contributed by atoms with Crippen molar-refractivity contribution in [3.05, 3.63) is 30.3 Å². The maximum atomic E-state index is 9.56. The number of hydrogen-bond acceptors (Lipinski definition) is 5. The standard InChI is InChI=1S/C11H12N2O.C2H6O3S/c1-2-14-11-9-6-4-3-5-8(9)7-10(12)13-11;1-2-6(3,4)5/h3-7H,2H2,1H3,(H2,12,13);2H2,1H3,(H,3,4,5). The predicted octanol–water partition coefficient (Wildman–Crippen LogP) is 2.11. The van der Waals surface area contributed by atoms with Gasteiger partial charge in [0.05, 0.1) is 12.4 Å². The van der Waals surface area contributed by atoms with Crippen molar-refractivity contribution in [2.45, 2.75) is 13.8 Å². The topological polar surface area (TPSA) is 103 Å². The van der Waals surface area contributed by atoms with Crippen LogP contribution < -0.4 is 10.5 Å². The third-order valence-electron chi connectivity index (χ3n) is 2.37.